The number of rotatable bonds is 7. The van der Waals surface area contributed by atoms with Crippen LogP contribution in [0.1, 0.15) is 50.8 Å². The number of halogens is 1. The van der Waals surface area contributed by atoms with Gasteiger partial charge >= 0.3 is 0 Å². The molecular weight excluding hydrogens is 255 g/mol. The van der Waals surface area contributed by atoms with Gasteiger partial charge in [0, 0.05) is 24.6 Å². The summed E-state index contributed by atoms with van der Waals surface area (Å²) >= 11 is 0. The van der Waals surface area contributed by atoms with Crippen molar-refractivity contribution in [3.63, 3.8) is 0 Å². The summed E-state index contributed by atoms with van der Waals surface area (Å²) in [5.41, 5.74) is 0.743. The third-order valence-electron chi connectivity index (χ3n) is 4.23. The average molecular weight is 278 g/mol. The molecule has 0 aliphatic rings. The molecule has 0 saturated carbocycles. The van der Waals surface area contributed by atoms with Gasteiger partial charge in [0.2, 0.25) is 0 Å². The first-order valence-corrected chi connectivity index (χ1v) is 7.05. The summed E-state index contributed by atoms with van der Waals surface area (Å²) in [6.45, 7) is 6.90. The Labute approximate surface area is 120 Å². The average Bonchev–Trinajstić information content (AvgIpc) is 2.49. The van der Waals surface area contributed by atoms with E-state index in [2.05, 4.69) is 19.2 Å². The molecular formula is C16H23FN2O. The smallest absolute Gasteiger partial charge is 0.141 e. The zero-order valence-corrected chi connectivity index (χ0v) is 12.4. The summed E-state index contributed by atoms with van der Waals surface area (Å²) < 4.78 is 13.6. The van der Waals surface area contributed by atoms with Gasteiger partial charge in [-0.3, -0.25) is 0 Å². The number of nitrogens with zero attached hydrogens (tertiary/aromatic N) is 1. The lowest BCUT2D eigenvalue weighted by atomic mass is 9.83. The van der Waals surface area contributed by atoms with Crippen LogP contribution in [0.4, 0.5) is 4.39 Å². The van der Waals surface area contributed by atoms with Crippen LogP contribution >= 0.6 is 0 Å². The van der Waals surface area contributed by atoms with Crippen LogP contribution in [-0.2, 0) is 0 Å². The van der Waals surface area contributed by atoms with Crippen molar-refractivity contribution in [3.05, 3.63) is 35.1 Å². The lowest BCUT2D eigenvalue weighted by molar-refractivity contribution is 0.110. The van der Waals surface area contributed by atoms with Crippen molar-refractivity contribution in [2.24, 2.45) is 5.41 Å². The molecule has 1 unspecified atom stereocenters. The number of nitrogens with one attached hydrogen (secondary N) is 1. The standard InChI is InChI=1S/C16H23FN2O/c1-4-16(5-2,11-20)10-19-12(3)13-6-7-14(9-18)15(17)8-13/h6-8,12,19-20H,4-5,10-11H2,1-3H3. The SMILES string of the molecule is CCC(CC)(CO)CNC(C)c1ccc(C#N)c(F)c1. The molecule has 0 spiro atoms. The van der Waals surface area contributed by atoms with Crippen molar-refractivity contribution in [3.8, 4) is 6.07 Å². The quantitative estimate of drug-likeness (QED) is 0.805. The highest BCUT2D eigenvalue weighted by Crippen LogP contribution is 2.26. The van der Waals surface area contributed by atoms with Gasteiger partial charge in [-0.25, -0.2) is 4.39 Å². The van der Waals surface area contributed by atoms with Crippen LogP contribution in [0.25, 0.3) is 0 Å². The summed E-state index contributed by atoms with van der Waals surface area (Å²) in [7, 11) is 0. The largest absolute Gasteiger partial charge is 0.396 e. The summed E-state index contributed by atoms with van der Waals surface area (Å²) in [4.78, 5) is 0. The maximum atomic E-state index is 13.6. The van der Waals surface area contributed by atoms with Crippen molar-refractivity contribution in [1.29, 1.82) is 5.26 Å². The summed E-state index contributed by atoms with van der Waals surface area (Å²) in [5, 5.41) is 21.6. The van der Waals surface area contributed by atoms with Crippen molar-refractivity contribution in [1.82, 2.24) is 5.32 Å². The number of hydrogen-bond acceptors (Lipinski definition) is 3. The van der Waals surface area contributed by atoms with E-state index >= 15 is 0 Å². The van der Waals surface area contributed by atoms with Crippen molar-refractivity contribution >= 4 is 0 Å². The molecule has 2 N–H and O–H groups in total. The van der Waals surface area contributed by atoms with E-state index in [1.54, 1.807) is 6.07 Å². The van der Waals surface area contributed by atoms with Crippen LogP contribution in [0.5, 0.6) is 0 Å². The zero-order valence-electron chi connectivity index (χ0n) is 12.4. The van der Waals surface area contributed by atoms with Crippen LogP contribution in [0, 0.1) is 22.6 Å². The fourth-order valence-electron chi connectivity index (χ4n) is 2.16. The number of aliphatic hydroxyl groups excluding tert-OH is 1. The third-order valence-corrected chi connectivity index (χ3v) is 4.23. The molecule has 0 fully saturated rings. The van der Waals surface area contributed by atoms with Gasteiger partial charge in [0.25, 0.3) is 0 Å². The number of nitriles is 1. The third kappa shape index (κ3) is 3.78. The second-order valence-electron chi connectivity index (χ2n) is 5.32. The van der Waals surface area contributed by atoms with Crippen LogP contribution in [0.3, 0.4) is 0 Å². The van der Waals surface area contributed by atoms with Gasteiger partial charge in [-0.1, -0.05) is 19.9 Å². The molecule has 1 aromatic carbocycles. The van der Waals surface area contributed by atoms with Gasteiger partial charge in [-0.2, -0.15) is 5.26 Å². The Morgan fingerprint density at radius 3 is 2.50 bits per heavy atom. The van der Waals surface area contributed by atoms with E-state index in [1.165, 1.54) is 12.1 Å². The normalized spacial score (nSPS) is 13.0. The molecule has 0 aliphatic heterocycles. The summed E-state index contributed by atoms with van der Waals surface area (Å²) in [6.07, 6.45) is 1.78. The second-order valence-corrected chi connectivity index (χ2v) is 5.32. The van der Waals surface area contributed by atoms with Crippen molar-refractivity contribution in [2.45, 2.75) is 39.7 Å². The molecule has 0 heterocycles. The molecule has 0 bridgehead atoms. The molecule has 0 aliphatic carbocycles. The minimum Gasteiger partial charge on any atom is -0.396 e. The van der Waals surface area contributed by atoms with Gasteiger partial charge in [-0.15, -0.1) is 0 Å². The van der Waals surface area contributed by atoms with Crippen molar-refractivity contribution in [2.75, 3.05) is 13.2 Å². The highest BCUT2D eigenvalue weighted by molar-refractivity contribution is 5.34. The molecule has 0 aromatic heterocycles. The Kier molecular flexibility index (Phi) is 6.12. The highest BCUT2D eigenvalue weighted by atomic mass is 19.1. The predicted octanol–water partition coefficient (Wildman–Crippen LogP) is 3.15. The fourth-order valence-corrected chi connectivity index (χ4v) is 2.16. The monoisotopic (exact) mass is 278 g/mol. The topological polar surface area (TPSA) is 56.0 Å². The highest BCUT2D eigenvalue weighted by Gasteiger charge is 2.25. The van der Waals surface area contributed by atoms with E-state index < -0.39 is 5.82 Å². The van der Waals surface area contributed by atoms with E-state index in [4.69, 9.17) is 5.26 Å². The van der Waals surface area contributed by atoms with Crippen LogP contribution in [-0.4, -0.2) is 18.3 Å². The number of hydrogen-bond donors (Lipinski definition) is 2. The molecule has 1 aromatic rings. The molecule has 4 heteroatoms. The van der Waals surface area contributed by atoms with Gasteiger partial charge in [-0.05, 0) is 37.5 Å². The maximum absolute atomic E-state index is 13.6. The predicted molar refractivity (Wildman–Crippen MR) is 77.6 cm³/mol. The molecule has 3 nitrogen and oxygen atoms in total. The first-order chi connectivity index (χ1) is 9.51. The Hall–Kier alpha value is -1.44. The summed E-state index contributed by atoms with van der Waals surface area (Å²) in [6, 6.07) is 6.45. The van der Waals surface area contributed by atoms with Gasteiger partial charge in [0.15, 0.2) is 0 Å². The fraction of sp³-hybridized carbons (Fsp3) is 0.562. The van der Waals surface area contributed by atoms with E-state index in [9.17, 15) is 9.50 Å². The number of aliphatic hydroxyl groups is 1. The molecule has 0 amide bonds. The van der Waals surface area contributed by atoms with Crippen LogP contribution in [0.2, 0.25) is 0 Å². The Bertz CT molecular complexity index is 470. The minimum atomic E-state index is -0.488. The van der Waals surface area contributed by atoms with Crippen LogP contribution in [0.15, 0.2) is 18.2 Å². The van der Waals surface area contributed by atoms with E-state index in [-0.39, 0.29) is 23.6 Å². The second kappa shape index (κ2) is 7.37. The first-order valence-electron chi connectivity index (χ1n) is 7.05. The minimum absolute atomic E-state index is 0.0266. The van der Waals surface area contributed by atoms with Crippen molar-refractivity contribution < 1.29 is 9.50 Å². The Morgan fingerprint density at radius 2 is 2.05 bits per heavy atom. The van der Waals surface area contributed by atoms with E-state index in [1.807, 2.05) is 13.0 Å². The van der Waals surface area contributed by atoms with Crippen LogP contribution < -0.4 is 5.32 Å². The van der Waals surface area contributed by atoms with E-state index in [0.717, 1.165) is 18.4 Å². The maximum Gasteiger partial charge on any atom is 0.141 e. The zero-order chi connectivity index (χ0) is 15.2. The first kappa shape index (κ1) is 16.6. The molecule has 0 saturated heterocycles. The lowest BCUT2D eigenvalue weighted by Crippen LogP contribution is -2.37. The van der Waals surface area contributed by atoms with Gasteiger partial charge < -0.3 is 10.4 Å². The molecule has 20 heavy (non-hydrogen) atoms. The van der Waals surface area contributed by atoms with Gasteiger partial charge in [0.05, 0.1) is 5.56 Å². The molecule has 1 rings (SSSR count). The lowest BCUT2D eigenvalue weighted by Gasteiger charge is -2.31. The Morgan fingerprint density at radius 1 is 1.40 bits per heavy atom. The summed E-state index contributed by atoms with van der Waals surface area (Å²) in [5.74, 6) is -0.488. The van der Waals surface area contributed by atoms with E-state index in [0.29, 0.717) is 6.54 Å². The van der Waals surface area contributed by atoms with Gasteiger partial charge in [0.1, 0.15) is 11.9 Å². The Balaban J connectivity index is 2.74. The molecule has 1 atom stereocenters. The molecule has 110 valence electrons. The number of benzene rings is 1. The molecule has 0 radical (unpaired) electrons.